The van der Waals surface area contributed by atoms with Crippen LogP contribution in [0.4, 0.5) is 5.69 Å². The smallest absolute Gasteiger partial charge is 0.0421 e. The summed E-state index contributed by atoms with van der Waals surface area (Å²) in [7, 11) is 0. The van der Waals surface area contributed by atoms with Crippen LogP contribution in [0.25, 0.3) is 0 Å². The van der Waals surface area contributed by atoms with Gasteiger partial charge >= 0.3 is 0 Å². The maximum Gasteiger partial charge on any atom is 0.0421 e. The number of alkyl halides is 1. The van der Waals surface area contributed by atoms with Gasteiger partial charge in [0.15, 0.2) is 0 Å². The third-order valence-electron chi connectivity index (χ3n) is 4.74. The average Bonchev–Trinajstić information content (AvgIpc) is 3.09. The van der Waals surface area contributed by atoms with Crippen LogP contribution >= 0.6 is 31.9 Å². The summed E-state index contributed by atoms with van der Waals surface area (Å²) in [6.07, 6.45) is 8.52. The molecule has 1 aliphatic heterocycles. The van der Waals surface area contributed by atoms with E-state index in [-0.39, 0.29) is 0 Å². The van der Waals surface area contributed by atoms with Gasteiger partial charge in [0, 0.05) is 28.1 Å². The van der Waals surface area contributed by atoms with Gasteiger partial charge in [-0.1, -0.05) is 50.8 Å². The van der Waals surface area contributed by atoms with Crippen LogP contribution in [0.5, 0.6) is 0 Å². The molecule has 19 heavy (non-hydrogen) atoms. The van der Waals surface area contributed by atoms with Crippen molar-refractivity contribution in [2.75, 3.05) is 11.4 Å². The second-order valence-corrected chi connectivity index (χ2v) is 7.33. The Morgan fingerprint density at radius 1 is 1.11 bits per heavy atom. The predicted molar refractivity (Wildman–Crippen MR) is 89.1 cm³/mol. The molecule has 1 aliphatic carbocycles. The molecule has 0 N–H and O–H groups in total. The van der Waals surface area contributed by atoms with Crippen molar-refractivity contribution in [3.05, 3.63) is 28.2 Å². The van der Waals surface area contributed by atoms with Crippen LogP contribution in [0.3, 0.4) is 0 Å². The fourth-order valence-electron chi connectivity index (χ4n) is 3.84. The fraction of sp³-hybridized carbons (Fsp3) is 0.625. The molecule has 1 atom stereocenters. The summed E-state index contributed by atoms with van der Waals surface area (Å²) >= 11 is 7.28. The van der Waals surface area contributed by atoms with Crippen molar-refractivity contribution >= 4 is 37.5 Å². The lowest BCUT2D eigenvalue weighted by Gasteiger charge is -2.32. The van der Waals surface area contributed by atoms with E-state index in [1.807, 2.05) is 0 Å². The molecule has 1 unspecified atom stereocenters. The topological polar surface area (TPSA) is 3.24 Å². The highest BCUT2D eigenvalue weighted by Crippen LogP contribution is 2.39. The number of hydrogen-bond acceptors (Lipinski definition) is 1. The minimum atomic E-state index is 0.787. The zero-order chi connectivity index (χ0) is 13.2. The molecule has 1 aromatic rings. The molecule has 1 saturated carbocycles. The summed E-state index contributed by atoms with van der Waals surface area (Å²) in [5.74, 6) is 0.935. The minimum Gasteiger partial charge on any atom is -0.368 e. The van der Waals surface area contributed by atoms with Crippen molar-refractivity contribution in [3.63, 3.8) is 0 Å². The Kier molecular flexibility index (Phi) is 4.53. The molecule has 0 aromatic heterocycles. The van der Waals surface area contributed by atoms with Gasteiger partial charge in [-0.25, -0.2) is 0 Å². The molecule has 3 heteroatoms. The molecule has 2 fully saturated rings. The number of anilines is 1. The second kappa shape index (κ2) is 6.17. The lowest BCUT2D eigenvalue weighted by molar-refractivity contribution is 0.430. The largest absolute Gasteiger partial charge is 0.368 e. The average molecular weight is 387 g/mol. The van der Waals surface area contributed by atoms with Crippen LogP contribution in [-0.4, -0.2) is 12.6 Å². The molecule has 0 spiro atoms. The molecule has 1 nitrogen and oxygen atoms in total. The first-order chi connectivity index (χ1) is 9.29. The number of benzene rings is 1. The van der Waals surface area contributed by atoms with E-state index in [4.69, 9.17) is 0 Å². The lowest BCUT2D eigenvalue weighted by atomic mass is 9.95. The normalized spacial score (nSPS) is 24.3. The van der Waals surface area contributed by atoms with Gasteiger partial charge in [-0.15, -0.1) is 0 Å². The van der Waals surface area contributed by atoms with E-state index >= 15 is 0 Å². The Morgan fingerprint density at radius 2 is 1.89 bits per heavy atom. The summed E-state index contributed by atoms with van der Waals surface area (Å²) in [5.41, 5.74) is 2.87. The maximum atomic E-state index is 3.64. The number of rotatable bonds is 3. The van der Waals surface area contributed by atoms with Crippen LogP contribution in [0.1, 0.15) is 44.1 Å². The number of halogens is 2. The van der Waals surface area contributed by atoms with Crippen LogP contribution in [0.15, 0.2) is 22.7 Å². The van der Waals surface area contributed by atoms with Crippen LogP contribution < -0.4 is 4.90 Å². The predicted octanol–water partition coefficient (Wildman–Crippen LogP) is 5.50. The summed E-state index contributed by atoms with van der Waals surface area (Å²) in [5, 5.41) is 0.948. The summed E-state index contributed by atoms with van der Waals surface area (Å²) in [4.78, 5) is 2.69. The van der Waals surface area contributed by atoms with Gasteiger partial charge in [0.25, 0.3) is 0 Å². The van der Waals surface area contributed by atoms with Gasteiger partial charge in [-0.05, 0) is 49.3 Å². The third-order valence-corrected chi connectivity index (χ3v) is 5.84. The first-order valence-electron chi connectivity index (χ1n) is 7.40. The van der Waals surface area contributed by atoms with E-state index in [2.05, 4.69) is 55.0 Å². The van der Waals surface area contributed by atoms with Crippen molar-refractivity contribution in [2.24, 2.45) is 5.92 Å². The van der Waals surface area contributed by atoms with E-state index in [1.54, 1.807) is 0 Å². The summed E-state index contributed by atoms with van der Waals surface area (Å²) < 4.78 is 1.20. The Labute approximate surface area is 133 Å². The van der Waals surface area contributed by atoms with Gasteiger partial charge in [0.1, 0.15) is 0 Å². The van der Waals surface area contributed by atoms with Gasteiger partial charge in [-0.3, -0.25) is 0 Å². The van der Waals surface area contributed by atoms with E-state index in [1.165, 1.54) is 60.8 Å². The lowest BCUT2D eigenvalue weighted by Crippen LogP contribution is -2.35. The molecule has 1 aromatic carbocycles. The third kappa shape index (κ3) is 2.87. The molecule has 0 radical (unpaired) electrons. The van der Waals surface area contributed by atoms with E-state index in [0.717, 1.165) is 17.3 Å². The van der Waals surface area contributed by atoms with E-state index in [9.17, 15) is 0 Å². The first-order valence-corrected chi connectivity index (χ1v) is 9.32. The van der Waals surface area contributed by atoms with Gasteiger partial charge in [-0.2, -0.15) is 0 Å². The second-order valence-electron chi connectivity index (χ2n) is 5.85. The first kappa shape index (κ1) is 13.9. The van der Waals surface area contributed by atoms with Crippen molar-refractivity contribution in [1.29, 1.82) is 0 Å². The maximum absolute atomic E-state index is 3.64. The van der Waals surface area contributed by atoms with E-state index in [0.29, 0.717) is 0 Å². The highest BCUT2D eigenvalue weighted by Gasteiger charge is 2.34. The molecule has 1 saturated heterocycles. The molecule has 104 valence electrons. The molecule has 2 aliphatic rings. The molecule has 1 heterocycles. The molecular formula is C16H21Br2N. The van der Waals surface area contributed by atoms with Crippen molar-refractivity contribution in [1.82, 2.24) is 0 Å². The van der Waals surface area contributed by atoms with E-state index < -0.39 is 0 Å². The number of nitrogens with zero attached hydrogens (tertiary/aromatic N) is 1. The molecule has 0 bridgehead atoms. The van der Waals surface area contributed by atoms with Crippen LogP contribution in [0.2, 0.25) is 0 Å². The zero-order valence-corrected chi connectivity index (χ0v) is 14.4. The van der Waals surface area contributed by atoms with Crippen LogP contribution in [-0.2, 0) is 5.33 Å². The highest BCUT2D eigenvalue weighted by molar-refractivity contribution is 9.10. The summed E-state index contributed by atoms with van der Waals surface area (Å²) in [6.45, 7) is 1.23. The van der Waals surface area contributed by atoms with Gasteiger partial charge in [0.2, 0.25) is 0 Å². The standard InChI is InChI=1S/C16H21Br2N/c17-11-13-7-8-14(18)10-16(13)19-9-3-6-15(19)12-4-1-2-5-12/h7-8,10,12,15H,1-6,9,11H2. The Hall–Kier alpha value is -0.0200. The Morgan fingerprint density at radius 3 is 2.63 bits per heavy atom. The number of hydrogen-bond donors (Lipinski definition) is 0. The monoisotopic (exact) mass is 385 g/mol. The molecular weight excluding hydrogens is 366 g/mol. The van der Waals surface area contributed by atoms with Gasteiger partial charge in [0.05, 0.1) is 0 Å². The van der Waals surface area contributed by atoms with Crippen LogP contribution in [0, 0.1) is 5.92 Å². The quantitative estimate of drug-likeness (QED) is 0.619. The van der Waals surface area contributed by atoms with Crippen molar-refractivity contribution < 1.29 is 0 Å². The zero-order valence-electron chi connectivity index (χ0n) is 11.2. The fourth-order valence-corrected chi connectivity index (χ4v) is 4.66. The van der Waals surface area contributed by atoms with Gasteiger partial charge < -0.3 is 4.90 Å². The Balaban J connectivity index is 1.89. The molecule has 0 amide bonds. The van der Waals surface area contributed by atoms with Crippen molar-refractivity contribution in [3.8, 4) is 0 Å². The Bertz CT molecular complexity index is 440. The highest BCUT2D eigenvalue weighted by atomic mass is 79.9. The summed E-state index contributed by atoms with van der Waals surface area (Å²) in [6, 6.07) is 7.50. The minimum absolute atomic E-state index is 0.787. The SMILES string of the molecule is BrCc1ccc(Br)cc1N1CCCC1C1CCCC1. The molecule has 3 rings (SSSR count). The van der Waals surface area contributed by atoms with Crippen molar-refractivity contribution in [2.45, 2.75) is 49.9 Å².